The maximum atomic E-state index is 13.1. The van der Waals surface area contributed by atoms with Crippen molar-refractivity contribution in [3.63, 3.8) is 0 Å². The molecule has 1 fully saturated rings. The number of urea groups is 1. The lowest BCUT2D eigenvalue weighted by Crippen LogP contribution is -2.41. The molecule has 30 heavy (non-hydrogen) atoms. The molecule has 0 radical (unpaired) electrons. The van der Waals surface area contributed by atoms with E-state index in [2.05, 4.69) is 19.2 Å². The molecule has 0 unspecified atom stereocenters. The summed E-state index contributed by atoms with van der Waals surface area (Å²) in [5.41, 5.74) is 0.912. The van der Waals surface area contributed by atoms with E-state index in [1.165, 1.54) is 0 Å². The fourth-order valence-corrected chi connectivity index (χ4v) is 3.71. The maximum absolute atomic E-state index is 13.1. The normalized spacial score (nSPS) is 21.0. The molecule has 3 amide bonds. The van der Waals surface area contributed by atoms with Gasteiger partial charge in [-0.05, 0) is 42.5 Å². The first-order chi connectivity index (χ1) is 14.3. The number of amides is 3. The number of benzene rings is 2. The van der Waals surface area contributed by atoms with Crippen molar-refractivity contribution in [1.29, 1.82) is 0 Å². The smallest absolute Gasteiger partial charge is 0.325 e. The summed E-state index contributed by atoms with van der Waals surface area (Å²) in [6.07, 6.45) is 1.01. The molecule has 7 heteroatoms. The van der Waals surface area contributed by atoms with Crippen molar-refractivity contribution in [2.45, 2.75) is 38.6 Å². The monoisotopic (exact) mass is 408 g/mol. The molecule has 2 atom stereocenters. The van der Waals surface area contributed by atoms with Crippen LogP contribution in [0, 0.1) is 0 Å². The Labute approximate surface area is 175 Å². The van der Waals surface area contributed by atoms with E-state index in [1.54, 1.807) is 37.3 Å². The number of ether oxygens (including phenoxy) is 2. The van der Waals surface area contributed by atoms with E-state index >= 15 is 0 Å². The van der Waals surface area contributed by atoms with Gasteiger partial charge in [0.05, 0.1) is 6.54 Å². The number of imide groups is 1. The first-order valence-corrected chi connectivity index (χ1v) is 10.0. The van der Waals surface area contributed by atoms with Gasteiger partial charge in [-0.15, -0.1) is 0 Å². The highest BCUT2D eigenvalue weighted by atomic mass is 16.7. The standard InChI is InChI=1S/C23H24N2O5/c1-4-14(2)15-5-7-16(8-6-15)18(26)12-25-21(27)23(3,24-22(25)28)17-9-10-19-20(11-17)30-13-29-19/h5-11,14H,4,12-13H2,1-3H3,(H,24,28)/t14-,23+/m1/s1. The molecule has 1 N–H and O–H groups in total. The third-order valence-electron chi connectivity index (χ3n) is 5.94. The number of carbonyl (C=O) groups excluding carboxylic acids is 3. The summed E-state index contributed by atoms with van der Waals surface area (Å²) in [7, 11) is 0. The van der Waals surface area contributed by atoms with Gasteiger partial charge >= 0.3 is 6.03 Å². The number of rotatable bonds is 6. The lowest BCUT2D eigenvalue weighted by Gasteiger charge is -2.22. The molecule has 0 saturated carbocycles. The Morgan fingerprint density at radius 3 is 2.53 bits per heavy atom. The second-order valence-corrected chi connectivity index (χ2v) is 7.87. The summed E-state index contributed by atoms with van der Waals surface area (Å²) in [5.74, 6) is 0.751. The van der Waals surface area contributed by atoms with Gasteiger partial charge in [0.1, 0.15) is 5.54 Å². The molecule has 0 spiro atoms. The second-order valence-electron chi connectivity index (χ2n) is 7.87. The van der Waals surface area contributed by atoms with Crippen molar-refractivity contribution in [2.75, 3.05) is 13.3 Å². The molecule has 2 aromatic rings. The van der Waals surface area contributed by atoms with E-state index in [1.807, 2.05) is 12.1 Å². The maximum Gasteiger partial charge on any atom is 0.325 e. The summed E-state index contributed by atoms with van der Waals surface area (Å²) >= 11 is 0. The van der Waals surface area contributed by atoms with Gasteiger partial charge in [0, 0.05) is 5.56 Å². The van der Waals surface area contributed by atoms with Crippen LogP contribution in [0.1, 0.15) is 54.6 Å². The topological polar surface area (TPSA) is 84.9 Å². The largest absolute Gasteiger partial charge is 0.454 e. The second kappa shape index (κ2) is 7.48. The van der Waals surface area contributed by atoms with Crippen LogP contribution >= 0.6 is 0 Å². The predicted octanol–water partition coefficient (Wildman–Crippen LogP) is 3.58. The van der Waals surface area contributed by atoms with Crippen molar-refractivity contribution >= 4 is 17.7 Å². The van der Waals surface area contributed by atoms with E-state index in [0.717, 1.165) is 16.9 Å². The number of ketones is 1. The van der Waals surface area contributed by atoms with Crippen LogP contribution in [0.15, 0.2) is 42.5 Å². The van der Waals surface area contributed by atoms with Crippen molar-refractivity contribution in [2.24, 2.45) is 0 Å². The zero-order valence-corrected chi connectivity index (χ0v) is 17.2. The Morgan fingerprint density at radius 1 is 1.13 bits per heavy atom. The minimum atomic E-state index is -1.28. The molecule has 0 bridgehead atoms. The number of nitrogens with zero attached hydrogens (tertiary/aromatic N) is 1. The van der Waals surface area contributed by atoms with Gasteiger partial charge < -0.3 is 14.8 Å². The van der Waals surface area contributed by atoms with Crippen LogP contribution in [0.25, 0.3) is 0 Å². The quantitative estimate of drug-likeness (QED) is 0.583. The summed E-state index contributed by atoms with van der Waals surface area (Å²) in [6, 6.07) is 11.8. The van der Waals surface area contributed by atoms with Crippen LogP contribution < -0.4 is 14.8 Å². The van der Waals surface area contributed by atoms with Crippen molar-refractivity contribution in [3.8, 4) is 11.5 Å². The molecule has 0 aliphatic carbocycles. The van der Waals surface area contributed by atoms with Crippen molar-refractivity contribution < 1.29 is 23.9 Å². The zero-order chi connectivity index (χ0) is 21.5. The third kappa shape index (κ3) is 3.30. The number of hydrogen-bond donors (Lipinski definition) is 1. The molecule has 2 heterocycles. The molecule has 2 aromatic carbocycles. The highest BCUT2D eigenvalue weighted by molar-refractivity contribution is 6.11. The predicted molar refractivity (Wildman–Crippen MR) is 110 cm³/mol. The minimum absolute atomic E-state index is 0.117. The SMILES string of the molecule is CC[C@@H](C)c1ccc(C(=O)CN2C(=O)N[C@@](C)(c3ccc4c(c3)OCO4)C2=O)cc1. The summed E-state index contributed by atoms with van der Waals surface area (Å²) < 4.78 is 10.7. The zero-order valence-electron chi connectivity index (χ0n) is 17.2. The van der Waals surface area contributed by atoms with Crippen LogP contribution in [0.5, 0.6) is 11.5 Å². The van der Waals surface area contributed by atoms with E-state index < -0.39 is 17.5 Å². The lowest BCUT2D eigenvalue weighted by atomic mass is 9.91. The van der Waals surface area contributed by atoms with Gasteiger partial charge in [-0.2, -0.15) is 0 Å². The molecular weight excluding hydrogens is 384 g/mol. The van der Waals surface area contributed by atoms with Crippen LogP contribution in [-0.2, 0) is 10.3 Å². The van der Waals surface area contributed by atoms with Crippen LogP contribution in [0.3, 0.4) is 0 Å². The Kier molecular flexibility index (Phi) is 4.97. The average Bonchev–Trinajstić information content (AvgIpc) is 3.31. The average molecular weight is 408 g/mol. The van der Waals surface area contributed by atoms with E-state index in [9.17, 15) is 14.4 Å². The van der Waals surface area contributed by atoms with Crippen LogP contribution in [-0.4, -0.2) is 36.0 Å². The third-order valence-corrected chi connectivity index (χ3v) is 5.94. The highest BCUT2D eigenvalue weighted by Crippen LogP contribution is 2.37. The van der Waals surface area contributed by atoms with Gasteiger partial charge in [0.25, 0.3) is 5.91 Å². The molecule has 2 aliphatic rings. The Bertz CT molecular complexity index is 1020. The van der Waals surface area contributed by atoms with E-state index in [4.69, 9.17) is 9.47 Å². The van der Waals surface area contributed by atoms with Gasteiger partial charge in [-0.25, -0.2) is 4.79 Å². The molecular formula is C23H24N2O5. The van der Waals surface area contributed by atoms with Crippen molar-refractivity contribution in [3.05, 3.63) is 59.2 Å². The van der Waals surface area contributed by atoms with Crippen molar-refractivity contribution in [1.82, 2.24) is 10.2 Å². The van der Waals surface area contributed by atoms with Crippen LogP contribution in [0.2, 0.25) is 0 Å². The van der Waals surface area contributed by atoms with Gasteiger partial charge in [-0.1, -0.05) is 44.2 Å². The van der Waals surface area contributed by atoms with Gasteiger partial charge in [0.2, 0.25) is 6.79 Å². The van der Waals surface area contributed by atoms with Gasteiger partial charge in [-0.3, -0.25) is 14.5 Å². The van der Waals surface area contributed by atoms with E-state index in [0.29, 0.717) is 28.5 Å². The lowest BCUT2D eigenvalue weighted by molar-refractivity contribution is -0.130. The Morgan fingerprint density at radius 2 is 1.83 bits per heavy atom. The van der Waals surface area contributed by atoms with Crippen LogP contribution in [0.4, 0.5) is 4.79 Å². The Balaban J connectivity index is 1.52. The van der Waals surface area contributed by atoms with E-state index in [-0.39, 0.29) is 19.1 Å². The molecule has 7 nitrogen and oxygen atoms in total. The molecule has 0 aromatic heterocycles. The minimum Gasteiger partial charge on any atom is -0.454 e. The molecule has 1 saturated heterocycles. The number of fused-ring (bicyclic) bond motifs is 1. The number of hydrogen-bond acceptors (Lipinski definition) is 5. The first-order valence-electron chi connectivity index (χ1n) is 10.0. The fourth-order valence-electron chi connectivity index (χ4n) is 3.71. The number of nitrogens with one attached hydrogen (secondary N) is 1. The summed E-state index contributed by atoms with van der Waals surface area (Å²) in [5, 5.41) is 2.71. The molecule has 2 aliphatic heterocycles. The highest BCUT2D eigenvalue weighted by Gasteiger charge is 2.49. The Hall–Kier alpha value is -3.35. The number of Topliss-reactive ketones (excluding diaryl/α,β-unsaturated/α-hetero) is 1. The fraction of sp³-hybridized carbons (Fsp3) is 0.348. The summed E-state index contributed by atoms with van der Waals surface area (Å²) in [6.45, 7) is 5.66. The van der Waals surface area contributed by atoms with Gasteiger partial charge in [0.15, 0.2) is 17.3 Å². The molecule has 156 valence electrons. The first kappa shape index (κ1) is 19.9. The number of carbonyl (C=O) groups is 3. The molecule has 4 rings (SSSR count). The summed E-state index contributed by atoms with van der Waals surface area (Å²) in [4.78, 5) is 39.3.